The van der Waals surface area contributed by atoms with E-state index in [1.165, 1.54) is 22.7 Å². The van der Waals surface area contributed by atoms with E-state index >= 15 is 0 Å². The van der Waals surface area contributed by atoms with Gasteiger partial charge in [-0.25, -0.2) is 9.78 Å². The zero-order chi connectivity index (χ0) is 22.7. The van der Waals surface area contributed by atoms with Crippen molar-refractivity contribution in [3.8, 4) is 16.3 Å². The number of esters is 1. The largest absolute Gasteiger partial charge is 0.484 e. The molecule has 1 N–H and O–H groups in total. The molecule has 9 heteroatoms. The lowest BCUT2D eigenvalue weighted by Gasteiger charge is -2.08. The van der Waals surface area contributed by atoms with Crippen molar-refractivity contribution >= 4 is 61.4 Å². The fraction of sp³-hybridized carbons (Fsp3) is 0.174. The van der Waals surface area contributed by atoms with E-state index in [4.69, 9.17) is 26.1 Å². The normalized spacial score (nSPS) is 10.8. The van der Waals surface area contributed by atoms with Gasteiger partial charge in [-0.05, 0) is 55.8 Å². The zero-order valence-corrected chi connectivity index (χ0v) is 19.7. The van der Waals surface area contributed by atoms with Gasteiger partial charge in [0.25, 0.3) is 5.91 Å². The molecule has 2 heterocycles. The Morgan fingerprint density at radius 1 is 1.09 bits per heavy atom. The number of anilines is 1. The summed E-state index contributed by atoms with van der Waals surface area (Å²) in [6, 6.07) is 14.6. The SMILES string of the molecule is CCOC(=O)c1sc(NC(=O)COc2ccc(Cl)cc2)c(-c2nc3ccccc3s2)c1C. The van der Waals surface area contributed by atoms with E-state index in [0.29, 0.717) is 20.7 Å². The van der Waals surface area contributed by atoms with Crippen LogP contribution in [-0.4, -0.2) is 30.1 Å². The molecule has 0 fully saturated rings. The average molecular weight is 487 g/mol. The van der Waals surface area contributed by atoms with E-state index < -0.39 is 5.97 Å². The van der Waals surface area contributed by atoms with Gasteiger partial charge in [-0.2, -0.15) is 0 Å². The van der Waals surface area contributed by atoms with Crippen LogP contribution < -0.4 is 10.1 Å². The number of para-hydroxylation sites is 1. The predicted molar refractivity (Wildman–Crippen MR) is 129 cm³/mol. The lowest BCUT2D eigenvalue weighted by molar-refractivity contribution is -0.118. The van der Waals surface area contributed by atoms with E-state index in [2.05, 4.69) is 5.32 Å². The molecule has 0 saturated heterocycles. The molecule has 4 aromatic rings. The number of carbonyl (C=O) groups excluding carboxylic acids is 2. The molecule has 0 aliphatic carbocycles. The fourth-order valence-corrected chi connectivity index (χ4v) is 5.46. The van der Waals surface area contributed by atoms with E-state index in [1.54, 1.807) is 31.2 Å². The first-order chi connectivity index (χ1) is 15.5. The van der Waals surface area contributed by atoms with E-state index in [9.17, 15) is 9.59 Å². The summed E-state index contributed by atoms with van der Waals surface area (Å²) in [6.45, 7) is 3.67. The van der Waals surface area contributed by atoms with Gasteiger partial charge in [0.2, 0.25) is 0 Å². The maximum Gasteiger partial charge on any atom is 0.348 e. The molecule has 0 radical (unpaired) electrons. The van der Waals surface area contributed by atoms with Gasteiger partial charge in [-0.15, -0.1) is 22.7 Å². The topological polar surface area (TPSA) is 77.5 Å². The minimum atomic E-state index is -0.421. The van der Waals surface area contributed by atoms with Crippen molar-refractivity contribution < 1.29 is 19.1 Å². The molecule has 6 nitrogen and oxygen atoms in total. The number of nitrogens with zero attached hydrogens (tertiary/aromatic N) is 1. The highest BCUT2D eigenvalue weighted by atomic mass is 35.5. The Kier molecular flexibility index (Phi) is 6.74. The summed E-state index contributed by atoms with van der Waals surface area (Å²) in [7, 11) is 0. The van der Waals surface area contributed by atoms with Crippen LogP contribution in [-0.2, 0) is 9.53 Å². The molecule has 2 aromatic heterocycles. The highest BCUT2D eigenvalue weighted by Gasteiger charge is 2.25. The van der Waals surface area contributed by atoms with Crippen molar-refractivity contribution in [2.75, 3.05) is 18.5 Å². The number of fused-ring (bicyclic) bond motifs is 1. The number of nitrogens with one attached hydrogen (secondary N) is 1. The van der Waals surface area contributed by atoms with Crippen LogP contribution in [0.1, 0.15) is 22.2 Å². The molecule has 32 heavy (non-hydrogen) atoms. The number of hydrogen-bond acceptors (Lipinski definition) is 7. The lowest BCUT2D eigenvalue weighted by Crippen LogP contribution is -2.19. The molecule has 0 unspecified atom stereocenters. The van der Waals surface area contributed by atoms with Crippen molar-refractivity contribution in [1.82, 2.24) is 4.98 Å². The van der Waals surface area contributed by atoms with Crippen LogP contribution >= 0.6 is 34.3 Å². The van der Waals surface area contributed by atoms with Crippen LogP contribution in [0.2, 0.25) is 5.02 Å². The number of rotatable bonds is 7. The molecular weight excluding hydrogens is 468 g/mol. The van der Waals surface area contributed by atoms with Crippen molar-refractivity contribution in [3.05, 3.63) is 64.0 Å². The van der Waals surface area contributed by atoms with Crippen LogP contribution in [0.15, 0.2) is 48.5 Å². The van der Waals surface area contributed by atoms with Crippen LogP contribution in [0.4, 0.5) is 5.00 Å². The van der Waals surface area contributed by atoms with Gasteiger partial charge < -0.3 is 14.8 Å². The molecule has 1 amide bonds. The highest BCUT2D eigenvalue weighted by Crippen LogP contribution is 2.43. The van der Waals surface area contributed by atoms with Gasteiger partial charge in [0.15, 0.2) is 6.61 Å². The summed E-state index contributed by atoms with van der Waals surface area (Å²) in [5, 5.41) is 4.73. The molecule has 0 saturated carbocycles. The van der Waals surface area contributed by atoms with Crippen LogP contribution in [0.5, 0.6) is 5.75 Å². The molecule has 0 atom stereocenters. The minimum absolute atomic E-state index is 0.188. The van der Waals surface area contributed by atoms with Crippen molar-refractivity contribution in [3.63, 3.8) is 0 Å². The Balaban J connectivity index is 1.63. The Morgan fingerprint density at radius 3 is 2.56 bits per heavy atom. The first-order valence-electron chi connectivity index (χ1n) is 9.81. The maximum atomic E-state index is 12.6. The first-order valence-corrected chi connectivity index (χ1v) is 11.8. The number of ether oxygens (including phenoxy) is 2. The quantitative estimate of drug-likeness (QED) is 0.315. The summed E-state index contributed by atoms with van der Waals surface area (Å²) >= 11 is 8.56. The predicted octanol–water partition coefficient (Wildman–Crippen LogP) is 6.18. The second kappa shape index (κ2) is 9.68. The molecule has 0 aliphatic rings. The summed E-state index contributed by atoms with van der Waals surface area (Å²) in [5.41, 5.74) is 2.31. The molecule has 2 aromatic carbocycles. The monoisotopic (exact) mass is 486 g/mol. The number of hydrogen-bond donors (Lipinski definition) is 1. The van der Waals surface area contributed by atoms with Crippen molar-refractivity contribution in [2.24, 2.45) is 0 Å². The van der Waals surface area contributed by atoms with Crippen molar-refractivity contribution in [1.29, 1.82) is 0 Å². The minimum Gasteiger partial charge on any atom is -0.484 e. The molecule has 164 valence electrons. The van der Waals surface area contributed by atoms with Crippen molar-refractivity contribution in [2.45, 2.75) is 13.8 Å². The number of benzene rings is 2. The van der Waals surface area contributed by atoms with Gasteiger partial charge >= 0.3 is 5.97 Å². The Hall–Kier alpha value is -2.94. The van der Waals surface area contributed by atoms with Gasteiger partial charge in [-0.1, -0.05) is 23.7 Å². The van der Waals surface area contributed by atoms with Gasteiger partial charge in [0.1, 0.15) is 20.6 Å². The summed E-state index contributed by atoms with van der Waals surface area (Å²) in [5.74, 6) is -0.236. The second-order valence-corrected chi connectivity index (χ2v) is 9.25. The van der Waals surface area contributed by atoms with E-state index in [-0.39, 0.29) is 19.1 Å². The van der Waals surface area contributed by atoms with Crippen LogP contribution in [0.3, 0.4) is 0 Å². The van der Waals surface area contributed by atoms with Gasteiger partial charge in [-0.3, -0.25) is 4.79 Å². The Morgan fingerprint density at radius 2 is 1.84 bits per heavy atom. The first kappa shape index (κ1) is 22.3. The smallest absolute Gasteiger partial charge is 0.348 e. The molecular formula is C23H19ClN2O4S2. The Bertz CT molecular complexity index is 1250. The second-order valence-electron chi connectivity index (χ2n) is 6.76. The number of carbonyl (C=O) groups is 2. The standard InChI is InChI=1S/C23H19ClN2O4S2/c1-3-29-23(28)20-13(2)19(21-25-16-6-4-5-7-17(16)31-21)22(32-20)26-18(27)12-30-15-10-8-14(24)9-11-15/h4-11H,3,12H2,1-2H3,(H,26,27). The summed E-state index contributed by atoms with van der Waals surface area (Å²) < 4.78 is 11.8. The number of thiazole rings is 1. The summed E-state index contributed by atoms with van der Waals surface area (Å²) in [4.78, 5) is 30.3. The number of thiophene rings is 1. The number of aromatic nitrogens is 1. The molecule has 0 aliphatic heterocycles. The van der Waals surface area contributed by atoms with Crippen LogP contribution in [0.25, 0.3) is 20.8 Å². The van der Waals surface area contributed by atoms with Gasteiger partial charge in [0, 0.05) is 10.6 Å². The fourth-order valence-electron chi connectivity index (χ4n) is 3.07. The maximum absolute atomic E-state index is 12.6. The van der Waals surface area contributed by atoms with Crippen LogP contribution in [0, 0.1) is 6.92 Å². The Labute approximate surface area is 197 Å². The lowest BCUT2D eigenvalue weighted by atomic mass is 10.1. The highest BCUT2D eigenvalue weighted by molar-refractivity contribution is 7.23. The third-order valence-electron chi connectivity index (χ3n) is 4.55. The zero-order valence-electron chi connectivity index (χ0n) is 17.3. The molecule has 0 spiro atoms. The summed E-state index contributed by atoms with van der Waals surface area (Å²) in [6.07, 6.45) is 0. The average Bonchev–Trinajstić information content (AvgIpc) is 3.34. The molecule has 0 bridgehead atoms. The third-order valence-corrected chi connectivity index (χ3v) is 7.05. The number of halogens is 1. The van der Waals surface area contributed by atoms with Gasteiger partial charge in [0.05, 0.1) is 16.8 Å². The third kappa shape index (κ3) is 4.77. The number of amides is 1. The van der Waals surface area contributed by atoms with E-state index in [1.807, 2.05) is 31.2 Å². The van der Waals surface area contributed by atoms with E-state index in [0.717, 1.165) is 26.4 Å². The molecule has 4 rings (SSSR count).